The molecular formula is C11H20O. The first-order valence-corrected chi connectivity index (χ1v) is 4.89. The maximum Gasteiger partial charge on any atom is 0.123 e. The van der Waals surface area contributed by atoms with Crippen molar-refractivity contribution in [2.24, 2.45) is 5.92 Å². The predicted molar refractivity (Wildman–Crippen MR) is 53.1 cm³/mol. The molecule has 0 rings (SSSR count). The zero-order valence-electron chi connectivity index (χ0n) is 8.25. The summed E-state index contributed by atoms with van der Waals surface area (Å²) >= 11 is 0. The summed E-state index contributed by atoms with van der Waals surface area (Å²) in [6.07, 6.45) is 10.6. The van der Waals surface area contributed by atoms with E-state index in [1.165, 1.54) is 19.3 Å². The summed E-state index contributed by atoms with van der Waals surface area (Å²) in [6, 6.07) is 0. The van der Waals surface area contributed by atoms with Crippen LogP contribution in [0.2, 0.25) is 0 Å². The van der Waals surface area contributed by atoms with Crippen LogP contribution in [0.4, 0.5) is 0 Å². The predicted octanol–water partition coefficient (Wildman–Crippen LogP) is 3.35. The Bertz CT molecular complexity index is 127. The third kappa shape index (κ3) is 7.52. The molecule has 1 atom stereocenters. The molecule has 1 unspecified atom stereocenters. The van der Waals surface area contributed by atoms with Gasteiger partial charge in [0.1, 0.15) is 6.29 Å². The van der Waals surface area contributed by atoms with E-state index in [9.17, 15) is 4.79 Å². The van der Waals surface area contributed by atoms with Crippen molar-refractivity contribution < 1.29 is 4.79 Å². The molecule has 0 bridgehead atoms. The number of hydrogen-bond acceptors (Lipinski definition) is 1. The first kappa shape index (κ1) is 11.4. The van der Waals surface area contributed by atoms with Gasteiger partial charge in [0.2, 0.25) is 0 Å². The average molecular weight is 168 g/mol. The molecular weight excluding hydrogens is 148 g/mol. The fourth-order valence-corrected chi connectivity index (χ4v) is 1.15. The SMILES string of the molecule is CCCCC(C)CC=CCC=O. The minimum atomic E-state index is 0.570. The number of rotatable bonds is 7. The summed E-state index contributed by atoms with van der Waals surface area (Å²) in [5, 5.41) is 0. The summed E-state index contributed by atoms with van der Waals surface area (Å²) in [5.74, 6) is 0.771. The van der Waals surface area contributed by atoms with Gasteiger partial charge in [-0.2, -0.15) is 0 Å². The van der Waals surface area contributed by atoms with Crippen LogP contribution in [-0.4, -0.2) is 6.29 Å². The van der Waals surface area contributed by atoms with E-state index in [0.717, 1.165) is 18.6 Å². The number of aldehydes is 1. The van der Waals surface area contributed by atoms with Crippen LogP contribution in [0.5, 0.6) is 0 Å². The molecule has 0 aliphatic carbocycles. The molecule has 1 heteroatoms. The second kappa shape index (κ2) is 8.51. The second-order valence-corrected chi connectivity index (χ2v) is 3.36. The lowest BCUT2D eigenvalue weighted by Gasteiger charge is -2.05. The number of carbonyl (C=O) groups excluding carboxylic acids is 1. The van der Waals surface area contributed by atoms with Gasteiger partial charge in [0, 0.05) is 6.42 Å². The summed E-state index contributed by atoms with van der Waals surface area (Å²) in [4.78, 5) is 9.97. The summed E-state index contributed by atoms with van der Waals surface area (Å²) in [6.45, 7) is 4.48. The van der Waals surface area contributed by atoms with Crippen LogP contribution in [0.15, 0.2) is 12.2 Å². The van der Waals surface area contributed by atoms with Crippen molar-refractivity contribution >= 4 is 6.29 Å². The molecule has 0 N–H and O–H groups in total. The Hall–Kier alpha value is -0.590. The molecule has 0 aliphatic rings. The molecule has 1 nitrogen and oxygen atoms in total. The Morgan fingerprint density at radius 1 is 1.33 bits per heavy atom. The molecule has 0 fully saturated rings. The fourth-order valence-electron chi connectivity index (χ4n) is 1.15. The first-order chi connectivity index (χ1) is 5.81. The lowest BCUT2D eigenvalue weighted by molar-refractivity contribution is -0.107. The van der Waals surface area contributed by atoms with Crippen molar-refractivity contribution in [3.63, 3.8) is 0 Å². The van der Waals surface area contributed by atoms with Crippen molar-refractivity contribution in [1.82, 2.24) is 0 Å². The molecule has 70 valence electrons. The highest BCUT2D eigenvalue weighted by molar-refractivity contribution is 5.51. The Balaban J connectivity index is 3.29. The van der Waals surface area contributed by atoms with Gasteiger partial charge in [0.15, 0.2) is 0 Å². The standard InChI is InChI=1S/C11H20O/c1-3-4-8-11(2)9-6-5-7-10-12/h5-6,10-11H,3-4,7-9H2,1-2H3. The van der Waals surface area contributed by atoms with Crippen LogP contribution >= 0.6 is 0 Å². The van der Waals surface area contributed by atoms with Crippen LogP contribution in [0.3, 0.4) is 0 Å². The van der Waals surface area contributed by atoms with Crippen molar-refractivity contribution in [3.05, 3.63) is 12.2 Å². The van der Waals surface area contributed by atoms with Crippen LogP contribution in [-0.2, 0) is 4.79 Å². The minimum Gasteiger partial charge on any atom is -0.303 e. The number of carbonyl (C=O) groups is 1. The van der Waals surface area contributed by atoms with Crippen LogP contribution in [0.1, 0.15) is 46.0 Å². The van der Waals surface area contributed by atoms with E-state index in [-0.39, 0.29) is 0 Å². The fraction of sp³-hybridized carbons (Fsp3) is 0.727. The van der Waals surface area contributed by atoms with Gasteiger partial charge in [0.05, 0.1) is 0 Å². The molecule has 0 spiro atoms. The quantitative estimate of drug-likeness (QED) is 0.421. The highest BCUT2D eigenvalue weighted by atomic mass is 16.1. The van der Waals surface area contributed by atoms with E-state index < -0.39 is 0 Å². The third-order valence-corrected chi connectivity index (χ3v) is 1.99. The van der Waals surface area contributed by atoms with Crippen LogP contribution in [0.25, 0.3) is 0 Å². The van der Waals surface area contributed by atoms with Crippen molar-refractivity contribution in [3.8, 4) is 0 Å². The van der Waals surface area contributed by atoms with Crippen molar-refractivity contribution in [1.29, 1.82) is 0 Å². The lowest BCUT2D eigenvalue weighted by atomic mass is 10.0. The highest BCUT2D eigenvalue weighted by Gasteiger charge is 1.96. The lowest BCUT2D eigenvalue weighted by Crippen LogP contribution is -1.91. The topological polar surface area (TPSA) is 17.1 Å². The molecule has 0 aromatic heterocycles. The van der Waals surface area contributed by atoms with Crippen LogP contribution in [0, 0.1) is 5.92 Å². The molecule has 0 aromatic carbocycles. The zero-order valence-corrected chi connectivity index (χ0v) is 8.25. The zero-order chi connectivity index (χ0) is 9.23. The van der Waals surface area contributed by atoms with E-state index in [0.29, 0.717) is 6.42 Å². The molecule has 0 amide bonds. The van der Waals surface area contributed by atoms with E-state index in [2.05, 4.69) is 19.9 Å². The average Bonchev–Trinajstić information content (AvgIpc) is 2.09. The molecule has 0 saturated heterocycles. The van der Waals surface area contributed by atoms with Gasteiger partial charge in [-0.25, -0.2) is 0 Å². The largest absolute Gasteiger partial charge is 0.303 e. The smallest absolute Gasteiger partial charge is 0.123 e. The van der Waals surface area contributed by atoms with E-state index >= 15 is 0 Å². The van der Waals surface area contributed by atoms with E-state index in [4.69, 9.17) is 0 Å². The number of allylic oxidation sites excluding steroid dienone is 2. The number of unbranched alkanes of at least 4 members (excludes halogenated alkanes) is 1. The number of hydrogen-bond donors (Lipinski definition) is 0. The van der Waals surface area contributed by atoms with Gasteiger partial charge >= 0.3 is 0 Å². The van der Waals surface area contributed by atoms with Crippen LogP contribution < -0.4 is 0 Å². The third-order valence-electron chi connectivity index (χ3n) is 1.99. The summed E-state index contributed by atoms with van der Waals surface area (Å²) < 4.78 is 0. The van der Waals surface area contributed by atoms with Gasteiger partial charge in [0.25, 0.3) is 0 Å². The highest BCUT2D eigenvalue weighted by Crippen LogP contribution is 2.11. The van der Waals surface area contributed by atoms with E-state index in [1.54, 1.807) is 0 Å². The molecule has 0 aromatic rings. The normalized spacial score (nSPS) is 13.5. The Kier molecular flexibility index (Phi) is 8.09. The van der Waals surface area contributed by atoms with Crippen molar-refractivity contribution in [2.75, 3.05) is 0 Å². The van der Waals surface area contributed by atoms with Gasteiger partial charge < -0.3 is 4.79 Å². The maximum absolute atomic E-state index is 9.97. The summed E-state index contributed by atoms with van der Waals surface area (Å²) in [5.41, 5.74) is 0. The Morgan fingerprint density at radius 2 is 2.08 bits per heavy atom. The van der Waals surface area contributed by atoms with Gasteiger partial charge in [-0.1, -0.05) is 45.3 Å². The minimum absolute atomic E-state index is 0.570. The van der Waals surface area contributed by atoms with Crippen molar-refractivity contribution in [2.45, 2.75) is 46.0 Å². The second-order valence-electron chi connectivity index (χ2n) is 3.36. The van der Waals surface area contributed by atoms with E-state index in [1.807, 2.05) is 6.08 Å². The molecule has 0 radical (unpaired) electrons. The van der Waals surface area contributed by atoms with Gasteiger partial charge in [-0.15, -0.1) is 0 Å². The monoisotopic (exact) mass is 168 g/mol. The van der Waals surface area contributed by atoms with Gasteiger partial charge in [-0.3, -0.25) is 0 Å². The molecule has 0 heterocycles. The molecule has 12 heavy (non-hydrogen) atoms. The summed E-state index contributed by atoms with van der Waals surface area (Å²) in [7, 11) is 0. The molecule has 0 aliphatic heterocycles. The Morgan fingerprint density at radius 3 is 2.67 bits per heavy atom. The Labute approximate surface area is 75.9 Å². The molecule has 0 saturated carbocycles. The van der Waals surface area contributed by atoms with Gasteiger partial charge in [-0.05, 0) is 12.3 Å². The maximum atomic E-state index is 9.97. The first-order valence-electron chi connectivity index (χ1n) is 4.89.